The lowest BCUT2D eigenvalue weighted by atomic mass is 10.1. The molecule has 0 aliphatic carbocycles. The van der Waals surface area contributed by atoms with Gasteiger partial charge in [-0.15, -0.1) is 0 Å². The molecule has 0 saturated carbocycles. The molecule has 0 N–H and O–H groups in total. The molecule has 5 nitrogen and oxygen atoms in total. The molecule has 0 unspecified atom stereocenters. The van der Waals surface area contributed by atoms with Crippen LogP contribution in [0.25, 0.3) is 0 Å². The highest BCUT2D eigenvalue weighted by Crippen LogP contribution is 2.23. The number of rotatable bonds is 5. The predicted molar refractivity (Wildman–Crippen MR) is 122 cm³/mol. The summed E-state index contributed by atoms with van der Waals surface area (Å²) in [5, 5.41) is 0. The molecule has 3 aromatic carbocycles. The van der Waals surface area contributed by atoms with E-state index in [1.54, 1.807) is 51.7 Å². The summed E-state index contributed by atoms with van der Waals surface area (Å²) in [6.07, 6.45) is 1.64. The average molecular weight is 413 g/mol. The fraction of sp³-hybridized carbons (Fsp3) is 0.154. The molecule has 0 radical (unpaired) electrons. The molecule has 3 rings (SSSR count). The van der Waals surface area contributed by atoms with Crippen LogP contribution in [-0.2, 0) is 0 Å². The number of nitrogens with zero attached hydrogens (tertiary/aromatic N) is 1. The van der Waals surface area contributed by atoms with Gasteiger partial charge >= 0.3 is 5.97 Å². The first kappa shape index (κ1) is 21.7. The zero-order valence-electron chi connectivity index (χ0n) is 17.9. The van der Waals surface area contributed by atoms with Crippen molar-refractivity contribution in [1.82, 2.24) is 0 Å². The Morgan fingerprint density at radius 1 is 0.871 bits per heavy atom. The van der Waals surface area contributed by atoms with Crippen molar-refractivity contribution in [2.75, 3.05) is 21.3 Å². The second-order valence-corrected chi connectivity index (χ2v) is 6.69. The maximum absolute atomic E-state index is 12.6. The summed E-state index contributed by atoms with van der Waals surface area (Å²) in [5.41, 5.74) is 3.63. The van der Waals surface area contributed by atoms with Gasteiger partial charge in [-0.3, -0.25) is 4.99 Å². The van der Waals surface area contributed by atoms with E-state index in [4.69, 9.17) is 14.2 Å². The number of carbonyl (C=O) groups excluding carboxylic acids is 1. The SMILES string of the molecule is CN=Cc1cc(C#Cc2ccc(OC)cc2)ccc1OC(=O)c1ccc(OC)c(C)c1. The molecule has 0 aromatic heterocycles. The van der Waals surface area contributed by atoms with Crippen LogP contribution in [-0.4, -0.2) is 33.5 Å². The van der Waals surface area contributed by atoms with Crippen LogP contribution in [0.3, 0.4) is 0 Å². The van der Waals surface area contributed by atoms with Gasteiger partial charge in [0.05, 0.1) is 19.8 Å². The van der Waals surface area contributed by atoms with E-state index in [1.807, 2.05) is 43.3 Å². The number of hydrogen-bond donors (Lipinski definition) is 0. The minimum atomic E-state index is -0.450. The van der Waals surface area contributed by atoms with Crippen LogP contribution < -0.4 is 14.2 Å². The van der Waals surface area contributed by atoms with E-state index < -0.39 is 5.97 Å². The van der Waals surface area contributed by atoms with Crippen LogP contribution in [0.2, 0.25) is 0 Å². The molecule has 0 saturated heterocycles. The molecule has 5 heteroatoms. The Hall–Kier alpha value is -4.04. The minimum Gasteiger partial charge on any atom is -0.497 e. The Balaban J connectivity index is 1.82. The topological polar surface area (TPSA) is 57.1 Å². The average Bonchev–Trinajstić information content (AvgIpc) is 2.79. The first-order valence-electron chi connectivity index (χ1n) is 9.63. The first-order chi connectivity index (χ1) is 15.0. The van der Waals surface area contributed by atoms with Crippen molar-refractivity contribution in [2.45, 2.75) is 6.92 Å². The Morgan fingerprint density at radius 3 is 2.19 bits per heavy atom. The van der Waals surface area contributed by atoms with Gasteiger partial charge in [-0.1, -0.05) is 11.8 Å². The van der Waals surface area contributed by atoms with Crippen molar-refractivity contribution in [2.24, 2.45) is 4.99 Å². The normalized spacial score (nSPS) is 10.3. The third-order valence-corrected chi connectivity index (χ3v) is 4.55. The van der Waals surface area contributed by atoms with Crippen molar-refractivity contribution in [3.8, 4) is 29.1 Å². The van der Waals surface area contributed by atoms with Crippen molar-refractivity contribution in [1.29, 1.82) is 0 Å². The summed E-state index contributed by atoms with van der Waals surface area (Å²) in [4.78, 5) is 16.7. The predicted octanol–water partition coefficient (Wildman–Crippen LogP) is 4.68. The quantitative estimate of drug-likeness (QED) is 0.264. The maximum atomic E-state index is 12.6. The third-order valence-electron chi connectivity index (χ3n) is 4.55. The molecule has 0 atom stereocenters. The van der Waals surface area contributed by atoms with Gasteiger partial charge in [0.15, 0.2) is 0 Å². The van der Waals surface area contributed by atoms with E-state index in [2.05, 4.69) is 16.8 Å². The summed E-state index contributed by atoms with van der Waals surface area (Å²) < 4.78 is 16.0. The maximum Gasteiger partial charge on any atom is 0.343 e. The molecule has 0 amide bonds. The zero-order chi connectivity index (χ0) is 22.2. The molecule has 0 aliphatic rings. The molecular weight excluding hydrogens is 390 g/mol. The van der Waals surface area contributed by atoms with Gasteiger partial charge in [0.1, 0.15) is 17.2 Å². The Morgan fingerprint density at radius 2 is 1.55 bits per heavy atom. The Bertz CT molecular complexity index is 1170. The third kappa shape index (κ3) is 5.52. The lowest BCUT2D eigenvalue weighted by molar-refractivity contribution is 0.0734. The van der Waals surface area contributed by atoms with Crippen molar-refractivity contribution in [3.05, 3.63) is 88.5 Å². The molecule has 0 fully saturated rings. The van der Waals surface area contributed by atoms with Crippen molar-refractivity contribution < 1.29 is 19.0 Å². The highest BCUT2D eigenvalue weighted by Gasteiger charge is 2.13. The lowest BCUT2D eigenvalue weighted by Crippen LogP contribution is -2.10. The highest BCUT2D eigenvalue weighted by molar-refractivity contribution is 5.93. The van der Waals surface area contributed by atoms with Gasteiger partial charge in [0, 0.05) is 30.0 Å². The summed E-state index contributed by atoms with van der Waals surface area (Å²) >= 11 is 0. The van der Waals surface area contributed by atoms with Gasteiger partial charge in [-0.25, -0.2) is 4.79 Å². The Labute approximate surface area is 182 Å². The van der Waals surface area contributed by atoms with Gasteiger partial charge in [0.25, 0.3) is 0 Å². The second kappa shape index (κ2) is 10.1. The van der Waals surface area contributed by atoms with E-state index in [0.29, 0.717) is 16.9 Å². The Kier molecular flexibility index (Phi) is 7.08. The highest BCUT2D eigenvalue weighted by atomic mass is 16.5. The largest absolute Gasteiger partial charge is 0.497 e. The molecule has 0 bridgehead atoms. The van der Waals surface area contributed by atoms with Gasteiger partial charge in [-0.2, -0.15) is 0 Å². The van der Waals surface area contributed by atoms with E-state index >= 15 is 0 Å². The number of benzene rings is 3. The van der Waals surface area contributed by atoms with E-state index in [9.17, 15) is 4.79 Å². The monoisotopic (exact) mass is 413 g/mol. The standard InChI is InChI=1S/C26H23NO4/c1-18-15-21(10-14-24(18)30-4)26(28)31-25-13-9-20(16-22(25)17-27-2)6-5-19-7-11-23(29-3)12-8-19/h7-17H,1-4H3. The fourth-order valence-corrected chi connectivity index (χ4v) is 2.94. The summed E-state index contributed by atoms with van der Waals surface area (Å²) in [5.74, 6) is 7.70. The van der Waals surface area contributed by atoms with Crippen molar-refractivity contribution in [3.63, 3.8) is 0 Å². The minimum absolute atomic E-state index is 0.416. The van der Waals surface area contributed by atoms with Gasteiger partial charge < -0.3 is 14.2 Å². The van der Waals surface area contributed by atoms with Gasteiger partial charge in [0.2, 0.25) is 0 Å². The number of carbonyl (C=O) groups is 1. The summed E-state index contributed by atoms with van der Waals surface area (Å²) in [7, 11) is 4.88. The fourth-order valence-electron chi connectivity index (χ4n) is 2.94. The number of methoxy groups -OCH3 is 2. The van der Waals surface area contributed by atoms with Crippen LogP contribution >= 0.6 is 0 Å². The number of aryl methyl sites for hydroxylation is 1. The second-order valence-electron chi connectivity index (χ2n) is 6.69. The first-order valence-corrected chi connectivity index (χ1v) is 9.63. The van der Waals surface area contributed by atoms with E-state index in [1.165, 1.54) is 0 Å². The summed E-state index contributed by atoms with van der Waals surface area (Å²) in [6, 6.07) is 18.1. The molecule has 0 heterocycles. The molecule has 0 aliphatic heterocycles. The number of ether oxygens (including phenoxy) is 3. The molecule has 156 valence electrons. The van der Waals surface area contributed by atoms with Crippen LogP contribution in [0, 0.1) is 18.8 Å². The molecule has 3 aromatic rings. The van der Waals surface area contributed by atoms with E-state index in [0.717, 1.165) is 28.2 Å². The van der Waals surface area contributed by atoms with Gasteiger partial charge in [-0.05, 0) is 73.2 Å². The van der Waals surface area contributed by atoms with Crippen LogP contribution in [0.5, 0.6) is 17.2 Å². The lowest BCUT2D eigenvalue weighted by Gasteiger charge is -2.10. The number of aliphatic imine (C=N–C) groups is 1. The zero-order valence-corrected chi connectivity index (χ0v) is 17.9. The molecule has 31 heavy (non-hydrogen) atoms. The number of hydrogen-bond acceptors (Lipinski definition) is 5. The molecule has 0 spiro atoms. The van der Waals surface area contributed by atoms with Crippen LogP contribution in [0.4, 0.5) is 0 Å². The smallest absolute Gasteiger partial charge is 0.343 e. The number of esters is 1. The van der Waals surface area contributed by atoms with Crippen LogP contribution in [0.1, 0.15) is 32.6 Å². The van der Waals surface area contributed by atoms with Crippen molar-refractivity contribution >= 4 is 12.2 Å². The van der Waals surface area contributed by atoms with Crippen LogP contribution in [0.15, 0.2) is 65.7 Å². The molecular formula is C26H23NO4. The summed E-state index contributed by atoms with van der Waals surface area (Å²) in [6.45, 7) is 1.88. The van der Waals surface area contributed by atoms with E-state index in [-0.39, 0.29) is 0 Å².